The summed E-state index contributed by atoms with van der Waals surface area (Å²) in [7, 11) is 2.01. The zero-order valence-electron chi connectivity index (χ0n) is 13.6. The average molecular weight is 390 g/mol. The predicted molar refractivity (Wildman–Crippen MR) is 96.9 cm³/mol. The molecule has 1 aromatic carbocycles. The van der Waals surface area contributed by atoms with Crippen LogP contribution in [0.2, 0.25) is 0 Å². The number of rotatable bonds is 4. The van der Waals surface area contributed by atoms with Crippen molar-refractivity contribution < 1.29 is 9.53 Å². The Balaban J connectivity index is 1.52. The summed E-state index contributed by atoms with van der Waals surface area (Å²) in [5.41, 5.74) is 0.998. The molecule has 0 aliphatic carbocycles. The monoisotopic (exact) mass is 389 g/mol. The van der Waals surface area contributed by atoms with Gasteiger partial charge in [0.25, 0.3) is 0 Å². The topological polar surface area (TPSA) is 45.7 Å². The summed E-state index contributed by atoms with van der Waals surface area (Å²) in [5, 5.41) is 0. The van der Waals surface area contributed by atoms with Gasteiger partial charge < -0.3 is 14.5 Å². The third kappa shape index (κ3) is 4.06. The highest BCUT2D eigenvalue weighted by molar-refractivity contribution is 9.10. The zero-order chi connectivity index (χ0) is 16.9. The van der Waals surface area contributed by atoms with Crippen LogP contribution in [0.25, 0.3) is 0 Å². The number of ether oxygens (including phenoxy) is 1. The number of hydrogen-bond acceptors (Lipinski definition) is 4. The highest BCUT2D eigenvalue weighted by Crippen LogP contribution is 2.21. The van der Waals surface area contributed by atoms with Crippen molar-refractivity contribution in [2.24, 2.45) is 0 Å². The van der Waals surface area contributed by atoms with Gasteiger partial charge in [0, 0.05) is 36.8 Å². The minimum atomic E-state index is -0.251. The second kappa shape index (κ2) is 7.66. The first-order valence-corrected chi connectivity index (χ1v) is 8.73. The number of amides is 1. The number of carbonyl (C=O) groups is 1. The highest BCUT2D eigenvalue weighted by atomic mass is 79.9. The fourth-order valence-electron chi connectivity index (χ4n) is 2.80. The van der Waals surface area contributed by atoms with E-state index in [1.165, 1.54) is 0 Å². The van der Waals surface area contributed by atoms with Gasteiger partial charge in [-0.1, -0.05) is 30.3 Å². The van der Waals surface area contributed by atoms with Gasteiger partial charge in [-0.3, -0.25) is 0 Å². The number of benzene rings is 1. The third-order valence-corrected chi connectivity index (χ3v) is 4.72. The lowest BCUT2D eigenvalue weighted by Gasteiger charge is -2.25. The van der Waals surface area contributed by atoms with Crippen molar-refractivity contribution in [2.45, 2.75) is 19.1 Å². The van der Waals surface area contributed by atoms with Gasteiger partial charge in [0.2, 0.25) is 0 Å². The molecule has 1 aliphatic rings. The molecule has 1 aromatic heterocycles. The number of carbonyl (C=O) groups excluding carboxylic acids is 1. The van der Waals surface area contributed by atoms with Crippen LogP contribution in [0.3, 0.4) is 0 Å². The molecule has 1 fully saturated rings. The molecule has 3 rings (SSSR count). The van der Waals surface area contributed by atoms with E-state index < -0.39 is 0 Å². The minimum absolute atomic E-state index is 0.251. The first-order valence-electron chi connectivity index (χ1n) is 7.93. The van der Waals surface area contributed by atoms with Crippen LogP contribution in [-0.2, 0) is 11.3 Å². The van der Waals surface area contributed by atoms with Crippen LogP contribution in [0.5, 0.6) is 0 Å². The molecule has 1 unspecified atom stereocenters. The lowest BCUT2D eigenvalue weighted by Crippen LogP contribution is -2.37. The van der Waals surface area contributed by atoms with E-state index in [-0.39, 0.29) is 12.1 Å². The Labute approximate surface area is 150 Å². The molecule has 0 saturated carbocycles. The number of likely N-dealkylation sites (tertiary alicyclic amines) is 1. The SMILES string of the molecule is CN(c1ccc(Br)cn1)C1CCN(C(=O)OCc2ccccc2)C1. The van der Waals surface area contributed by atoms with Gasteiger partial charge in [-0.15, -0.1) is 0 Å². The lowest BCUT2D eigenvalue weighted by atomic mass is 10.2. The predicted octanol–water partition coefficient (Wildman–Crippen LogP) is 3.69. The second-order valence-corrected chi connectivity index (χ2v) is 6.79. The fourth-order valence-corrected chi connectivity index (χ4v) is 3.03. The number of halogens is 1. The van der Waals surface area contributed by atoms with Gasteiger partial charge in [0.1, 0.15) is 12.4 Å². The van der Waals surface area contributed by atoms with Gasteiger partial charge in [0.15, 0.2) is 0 Å². The van der Waals surface area contributed by atoms with Crippen LogP contribution in [0.4, 0.5) is 10.6 Å². The number of aromatic nitrogens is 1. The maximum absolute atomic E-state index is 12.2. The van der Waals surface area contributed by atoms with Crippen LogP contribution >= 0.6 is 15.9 Å². The van der Waals surface area contributed by atoms with E-state index in [0.29, 0.717) is 19.7 Å². The summed E-state index contributed by atoms with van der Waals surface area (Å²) in [6, 6.07) is 13.9. The van der Waals surface area contributed by atoms with E-state index in [1.54, 1.807) is 11.1 Å². The Kier molecular flexibility index (Phi) is 5.35. The van der Waals surface area contributed by atoms with Crippen molar-refractivity contribution in [1.82, 2.24) is 9.88 Å². The van der Waals surface area contributed by atoms with Crippen molar-refractivity contribution in [3.8, 4) is 0 Å². The molecule has 126 valence electrons. The van der Waals surface area contributed by atoms with Crippen LogP contribution in [0.1, 0.15) is 12.0 Å². The summed E-state index contributed by atoms with van der Waals surface area (Å²) in [5.74, 6) is 0.905. The fraction of sp³-hybridized carbons (Fsp3) is 0.333. The summed E-state index contributed by atoms with van der Waals surface area (Å²) in [6.45, 7) is 1.67. The largest absolute Gasteiger partial charge is 0.445 e. The first kappa shape index (κ1) is 16.8. The van der Waals surface area contributed by atoms with E-state index >= 15 is 0 Å². The van der Waals surface area contributed by atoms with Crippen LogP contribution in [0, 0.1) is 0 Å². The number of hydrogen-bond donors (Lipinski definition) is 0. The van der Waals surface area contributed by atoms with E-state index in [9.17, 15) is 4.79 Å². The Bertz CT molecular complexity index is 678. The molecule has 0 bridgehead atoms. The Morgan fingerprint density at radius 2 is 2.12 bits per heavy atom. The number of nitrogens with zero attached hydrogens (tertiary/aromatic N) is 3. The van der Waals surface area contributed by atoms with Gasteiger partial charge in [-0.2, -0.15) is 0 Å². The normalized spacial score (nSPS) is 16.9. The number of likely N-dealkylation sites (N-methyl/N-ethyl adjacent to an activating group) is 1. The van der Waals surface area contributed by atoms with Crippen molar-refractivity contribution in [3.05, 3.63) is 58.7 Å². The van der Waals surface area contributed by atoms with Crippen molar-refractivity contribution in [1.29, 1.82) is 0 Å². The number of pyridine rings is 1. The van der Waals surface area contributed by atoms with Gasteiger partial charge in [-0.25, -0.2) is 9.78 Å². The molecule has 0 N–H and O–H groups in total. The Morgan fingerprint density at radius 1 is 1.33 bits per heavy atom. The molecular weight excluding hydrogens is 370 g/mol. The van der Waals surface area contributed by atoms with Crippen LogP contribution < -0.4 is 4.90 Å². The molecule has 6 heteroatoms. The average Bonchev–Trinajstić information content (AvgIpc) is 3.11. The number of anilines is 1. The van der Waals surface area contributed by atoms with Gasteiger partial charge in [0.05, 0.1) is 0 Å². The van der Waals surface area contributed by atoms with Crippen molar-refractivity contribution >= 4 is 27.8 Å². The molecule has 1 amide bonds. The Morgan fingerprint density at radius 3 is 2.83 bits per heavy atom. The van der Waals surface area contributed by atoms with Crippen molar-refractivity contribution in [3.63, 3.8) is 0 Å². The van der Waals surface area contributed by atoms with Crippen LogP contribution in [0.15, 0.2) is 53.1 Å². The minimum Gasteiger partial charge on any atom is -0.445 e. The summed E-state index contributed by atoms with van der Waals surface area (Å²) >= 11 is 3.39. The van der Waals surface area contributed by atoms with E-state index in [4.69, 9.17) is 4.74 Å². The molecule has 1 saturated heterocycles. The van der Waals surface area contributed by atoms with E-state index in [0.717, 1.165) is 22.3 Å². The smallest absolute Gasteiger partial charge is 0.410 e. The third-order valence-electron chi connectivity index (χ3n) is 4.25. The van der Waals surface area contributed by atoms with Crippen LogP contribution in [-0.4, -0.2) is 42.2 Å². The molecular formula is C18H20BrN3O2. The lowest BCUT2D eigenvalue weighted by molar-refractivity contribution is 0.104. The zero-order valence-corrected chi connectivity index (χ0v) is 15.1. The molecule has 0 spiro atoms. The van der Waals surface area contributed by atoms with E-state index in [1.807, 2.05) is 49.5 Å². The standard InChI is InChI=1S/C18H20BrN3O2/c1-21(17-8-7-15(19)11-20-17)16-9-10-22(12-16)18(23)24-13-14-5-3-2-4-6-14/h2-8,11,16H,9-10,12-13H2,1H3. The van der Waals surface area contributed by atoms with Gasteiger partial charge in [-0.05, 0) is 40.0 Å². The first-order chi connectivity index (χ1) is 11.6. The maximum Gasteiger partial charge on any atom is 0.410 e. The molecule has 5 nitrogen and oxygen atoms in total. The molecule has 2 heterocycles. The second-order valence-electron chi connectivity index (χ2n) is 5.87. The van der Waals surface area contributed by atoms with Crippen molar-refractivity contribution in [2.75, 3.05) is 25.0 Å². The molecule has 1 atom stereocenters. The molecule has 0 radical (unpaired) electrons. The molecule has 24 heavy (non-hydrogen) atoms. The van der Waals surface area contributed by atoms with Gasteiger partial charge >= 0.3 is 6.09 Å². The summed E-state index contributed by atoms with van der Waals surface area (Å²) in [6.07, 6.45) is 2.44. The summed E-state index contributed by atoms with van der Waals surface area (Å²) < 4.78 is 6.36. The maximum atomic E-state index is 12.2. The Hall–Kier alpha value is -2.08. The molecule has 1 aliphatic heterocycles. The molecule has 2 aromatic rings. The highest BCUT2D eigenvalue weighted by Gasteiger charge is 2.30. The summed E-state index contributed by atoms with van der Waals surface area (Å²) in [4.78, 5) is 20.5. The quantitative estimate of drug-likeness (QED) is 0.799. The van der Waals surface area contributed by atoms with E-state index in [2.05, 4.69) is 25.8 Å².